The predicted molar refractivity (Wildman–Crippen MR) is 57.2 cm³/mol. The largest absolute Gasteiger partial charge is 0.391 e. The Bertz CT molecular complexity index is 276. The molecule has 0 aliphatic carbocycles. The van der Waals surface area contributed by atoms with E-state index in [1.807, 2.05) is 6.07 Å². The maximum Gasteiger partial charge on any atom is 0.0710 e. The van der Waals surface area contributed by atoms with E-state index in [0.29, 0.717) is 6.04 Å². The first-order valence-corrected chi connectivity index (χ1v) is 5.19. The van der Waals surface area contributed by atoms with Crippen molar-refractivity contribution in [1.82, 2.24) is 4.90 Å². The third-order valence-corrected chi connectivity index (χ3v) is 3.08. The molecule has 1 aromatic rings. The Balaban J connectivity index is 2.04. The van der Waals surface area contributed by atoms with Gasteiger partial charge in [0.15, 0.2) is 0 Å². The first kappa shape index (κ1) is 9.69. The summed E-state index contributed by atoms with van der Waals surface area (Å²) in [6.07, 6.45) is 1.71. The number of nitrogens with zero attached hydrogens (tertiary/aromatic N) is 1. The van der Waals surface area contributed by atoms with Gasteiger partial charge < -0.3 is 10.0 Å². The van der Waals surface area contributed by atoms with Crippen LogP contribution in [0.4, 0.5) is 0 Å². The molecule has 0 bridgehead atoms. The fourth-order valence-corrected chi connectivity index (χ4v) is 2.14. The van der Waals surface area contributed by atoms with Crippen LogP contribution in [0.5, 0.6) is 0 Å². The van der Waals surface area contributed by atoms with Gasteiger partial charge in [-0.3, -0.25) is 0 Å². The Morgan fingerprint density at radius 3 is 2.64 bits per heavy atom. The van der Waals surface area contributed by atoms with Crippen molar-refractivity contribution in [2.75, 3.05) is 13.6 Å². The van der Waals surface area contributed by atoms with Gasteiger partial charge in [-0.2, -0.15) is 0 Å². The summed E-state index contributed by atoms with van der Waals surface area (Å²) in [5, 5.41) is 9.78. The van der Waals surface area contributed by atoms with Crippen LogP contribution in [0.1, 0.15) is 12.0 Å². The van der Waals surface area contributed by atoms with Crippen LogP contribution < -0.4 is 0 Å². The summed E-state index contributed by atoms with van der Waals surface area (Å²) in [5.41, 5.74) is 1.31. The number of hydrogen-bond donors (Lipinski definition) is 1. The Labute approximate surface area is 85.2 Å². The molecule has 0 amide bonds. The van der Waals surface area contributed by atoms with Crippen molar-refractivity contribution < 1.29 is 5.11 Å². The van der Waals surface area contributed by atoms with Crippen molar-refractivity contribution in [3.05, 3.63) is 35.9 Å². The SMILES string of the molecule is CN1CCC(O)C1Cc1ccccc1. The fraction of sp³-hybridized carbons (Fsp3) is 0.500. The Hall–Kier alpha value is -0.860. The number of benzene rings is 1. The van der Waals surface area contributed by atoms with Crippen LogP contribution in [0.15, 0.2) is 30.3 Å². The molecule has 1 aliphatic rings. The Kier molecular flexibility index (Phi) is 2.85. The summed E-state index contributed by atoms with van der Waals surface area (Å²) in [6.45, 7) is 1.01. The molecule has 2 atom stereocenters. The van der Waals surface area contributed by atoms with Crippen LogP contribution in [0.3, 0.4) is 0 Å². The molecule has 0 radical (unpaired) electrons. The quantitative estimate of drug-likeness (QED) is 0.761. The first-order valence-electron chi connectivity index (χ1n) is 5.19. The molecule has 1 fully saturated rings. The van der Waals surface area contributed by atoms with Crippen LogP contribution in [-0.2, 0) is 6.42 Å². The second-order valence-electron chi connectivity index (χ2n) is 4.09. The second kappa shape index (κ2) is 4.11. The lowest BCUT2D eigenvalue weighted by atomic mass is 10.0. The van der Waals surface area contributed by atoms with Crippen molar-refractivity contribution in [1.29, 1.82) is 0 Å². The summed E-state index contributed by atoms with van der Waals surface area (Å²) >= 11 is 0. The van der Waals surface area contributed by atoms with Gasteiger partial charge in [0.25, 0.3) is 0 Å². The lowest BCUT2D eigenvalue weighted by molar-refractivity contribution is 0.127. The summed E-state index contributed by atoms with van der Waals surface area (Å²) in [4.78, 5) is 2.25. The third kappa shape index (κ3) is 1.97. The molecular formula is C12H17NO. The van der Waals surface area contributed by atoms with E-state index in [1.165, 1.54) is 5.56 Å². The van der Waals surface area contributed by atoms with E-state index in [0.717, 1.165) is 19.4 Å². The Morgan fingerprint density at radius 1 is 1.36 bits per heavy atom. The minimum atomic E-state index is -0.153. The van der Waals surface area contributed by atoms with Crippen LogP contribution in [0.2, 0.25) is 0 Å². The Morgan fingerprint density at radius 2 is 2.07 bits per heavy atom. The van der Waals surface area contributed by atoms with Gasteiger partial charge in [0, 0.05) is 12.6 Å². The minimum absolute atomic E-state index is 0.153. The van der Waals surface area contributed by atoms with Gasteiger partial charge in [0.05, 0.1) is 6.10 Å². The van der Waals surface area contributed by atoms with E-state index in [2.05, 4.69) is 36.2 Å². The molecule has 0 saturated carbocycles. The number of likely N-dealkylation sites (tertiary alicyclic amines) is 1. The average molecular weight is 191 g/mol. The van der Waals surface area contributed by atoms with Gasteiger partial charge in [-0.05, 0) is 25.5 Å². The maximum atomic E-state index is 9.78. The highest BCUT2D eigenvalue weighted by molar-refractivity contribution is 5.16. The van der Waals surface area contributed by atoms with E-state index >= 15 is 0 Å². The van der Waals surface area contributed by atoms with Gasteiger partial charge in [-0.1, -0.05) is 30.3 Å². The van der Waals surface area contributed by atoms with Crippen LogP contribution >= 0.6 is 0 Å². The molecule has 1 N–H and O–H groups in total. The van der Waals surface area contributed by atoms with E-state index < -0.39 is 0 Å². The van der Waals surface area contributed by atoms with Crippen LogP contribution in [0, 0.1) is 0 Å². The summed E-state index contributed by atoms with van der Waals surface area (Å²) in [6, 6.07) is 10.7. The van der Waals surface area contributed by atoms with Crippen molar-refractivity contribution >= 4 is 0 Å². The topological polar surface area (TPSA) is 23.5 Å². The molecule has 0 spiro atoms. The molecule has 1 aromatic carbocycles. The van der Waals surface area contributed by atoms with Crippen LogP contribution in [-0.4, -0.2) is 35.7 Å². The summed E-state index contributed by atoms with van der Waals surface area (Å²) < 4.78 is 0. The number of aliphatic hydroxyl groups excluding tert-OH is 1. The smallest absolute Gasteiger partial charge is 0.0710 e. The second-order valence-corrected chi connectivity index (χ2v) is 4.09. The van der Waals surface area contributed by atoms with Crippen molar-refractivity contribution in [2.45, 2.75) is 25.0 Å². The lowest BCUT2D eigenvalue weighted by Crippen LogP contribution is -2.34. The van der Waals surface area contributed by atoms with E-state index in [1.54, 1.807) is 0 Å². The molecule has 76 valence electrons. The molecule has 2 heteroatoms. The summed E-state index contributed by atoms with van der Waals surface area (Å²) in [7, 11) is 2.09. The third-order valence-electron chi connectivity index (χ3n) is 3.08. The molecule has 14 heavy (non-hydrogen) atoms. The number of likely N-dealkylation sites (N-methyl/N-ethyl adjacent to an activating group) is 1. The highest BCUT2D eigenvalue weighted by Gasteiger charge is 2.29. The number of rotatable bonds is 2. The standard InChI is InChI=1S/C12H17NO/c1-13-8-7-12(14)11(13)9-10-5-3-2-4-6-10/h2-6,11-12,14H,7-9H2,1H3. The highest BCUT2D eigenvalue weighted by Crippen LogP contribution is 2.19. The summed E-state index contributed by atoms with van der Waals surface area (Å²) in [5.74, 6) is 0. The van der Waals surface area contributed by atoms with Gasteiger partial charge in [0.1, 0.15) is 0 Å². The fourth-order valence-electron chi connectivity index (χ4n) is 2.14. The number of hydrogen-bond acceptors (Lipinski definition) is 2. The molecule has 1 saturated heterocycles. The molecule has 1 heterocycles. The first-order chi connectivity index (χ1) is 6.77. The van der Waals surface area contributed by atoms with Gasteiger partial charge in [-0.15, -0.1) is 0 Å². The maximum absolute atomic E-state index is 9.78. The monoisotopic (exact) mass is 191 g/mol. The molecule has 2 rings (SSSR count). The van der Waals surface area contributed by atoms with E-state index in [-0.39, 0.29) is 6.10 Å². The van der Waals surface area contributed by atoms with Gasteiger partial charge in [0.2, 0.25) is 0 Å². The van der Waals surface area contributed by atoms with Gasteiger partial charge in [-0.25, -0.2) is 0 Å². The molecule has 1 aliphatic heterocycles. The van der Waals surface area contributed by atoms with Crippen LogP contribution in [0.25, 0.3) is 0 Å². The zero-order chi connectivity index (χ0) is 9.97. The predicted octanol–water partition coefficient (Wildman–Crippen LogP) is 1.29. The normalized spacial score (nSPS) is 28.1. The minimum Gasteiger partial charge on any atom is -0.391 e. The van der Waals surface area contributed by atoms with E-state index in [9.17, 15) is 5.11 Å². The number of aliphatic hydroxyl groups is 1. The molecular weight excluding hydrogens is 174 g/mol. The van der Waals surface area contributed by atoms with E-state index in [4.69, 9.17) is 0 Å². The lowest BCUT2D eigenvalue weighted by Gasteiger charge is -2.21. The zero-order valence-corrected chi connectivity index (χ0v) is 8.56. The van der Waals surface area contributed by atoms with Crippen molar-refractivity contribution in [3.63, 3.8) is 0 Å². The highest BCUT2D eigenvalue weighted by atomic mass is 16.3. The van der Waals surface area contributed by atoms with Gasteiger partial charge >= 0.3 is 0 Å². The molecule has 2 unspecified atom stereocenters. The average Bonchev–Trinajstić information content (AvgIpc) is 2.51. The van der Waals surface area contributed by atoms with Crippen molar-refractivity contribution in [2.24, 2.45) is 0 Å². The van der Waals surface area contributed by atoms with Crippen molar-refractivity contribution in [3.8, 4) is 0 Å². The zero-order valence-electron chi connectivity index (χ0n) is 8.56. The molecule has 0 aromatic heterocycles. The molecule has 2 nitrogen and oxygen atoms in total.